The number of ether oxygens (including phenoxy) is 1. The highest BCUT2D eigenvalue weighted by Crippen LogP contribution is 2.11. The summed E-state index contributed by atoms with van der Waals surface area (Å²) in [7, 11) is 0. The van der Waals surface area contributed by atoms with Crippen LogP contribution < -0.4 is 10.2 Å². The lowest BCUT2D eigenvalue weighted by Gasteiger charge is -2.02. The number of pyridine rings is 1. The molecular weight excluding hydrogens is 334 g/mol. The van der Waals surface area contributed by atoms with Crippen LogP contribution in [0.2, 0.25) is 0 Å². The first kappa shape index (κ1) is 15.2. The molecule has 1 aromatic carbocycles. The summed E-state index contributed by atoms with van der Waals surface area (Å²) in [5.74, 6) is 0.491. The van der Waals surface area contributed by atoms with Crippen LogP contribution in [-0.2, 0) is 0 Å². The topological polar surface area (TPSA) is 63.6 Å². The van der Waals surface area contributed by atoms with Gasteiger partial charge in [0.05, 0.1) is 18.4 Å². The number of hydrogen-bond acceptors (Lipinski definition) is 4. The molecular formula is C15H14BrN3O2. The summed E-state index contributed by atoms with van der Waals surface area (Å²) < 4.78 is 6.09. The predicted octanol–water partition coefficient (Wildman–Crippen LogP) is 3.01. The number of rotatable bonds is 5. The number of carbonyl (C=O) groups excluding carboxylic acids is 1. The normalized spacial score (nSPS) is 10.6. The molecule has 1 aromatic heterocycles. The van der Waals surface area contributed by atoms with E-state index >= 15 is 0 Å². The van der Waals surface area contributed by atoms with Gasteiger partial charge in [-0.1, -0.05) is 0 Å². The van der Waals surface area contributed by atoms with Crippen LogP contribution in [0.15, 0.2) is 52.3 Å². The van der Waals surface area contributed by atoms with E-state index in [1.54, 1.807) is 18.5 Å². The lowest BCUT2D eigenvalue weighted by molar-refractivity contribution is 0.0954. The number of hydrogen-bond donors (Lipinski definition) is 1. The maximum Gasteiger partial charge on any atom is 0.272 e. The summed E-state index contributed by atoms with van der Waals surface area (Å²) in [5, 5.41) is 3.91. The molecule has 5 nitrogen and oxygen atoms in total. The van der Waals surface area contributed by atoms with Gasteiger partial charge in [-0.25, -0.2) is 5.43 Å². The van der Waals surface area contributed by atoms with E-state index in [2.05, 4.69) is 31.4 Å². The Kier molecular flexibility index (Phi) is 5.45. The Balaban J connectivity index is 1.94. The number of aromatic nitrogens is 1. The number of hydrazone groups is 1. The molecule has 0 fully saturated rings. The van der Waals surface area contributed by atoms with Crippen LogP contribution in [0.4, 0.5) is 0 Å². The fourth-order valence-corrected chi connectivity index (χ4v) is 1.95. The Morgan fingerprint density at radius 3 is 2.81 bits per heavy atom. The lowest BCUT2D eigenvalue weighted by Crippen LogP contribution is -2.17. The Labute approximate surface area is 131 Å². The molecule has 0 atom stereocenters. The predicted molar refractivity (Wildman–Crippen MR) is 84.6 cm³/mol. The minimum absolute atomic E-state index is 0.314. The number of benzene rings is 1. The van der Waals surface area contributed by atoms with E-state index in [1.165, 1.54) is 6.20 Å². The van der Waals surface area contributed by atoms with Crippen LogP contribution in [0.5, 0.6) is 5.75 Å². The molecule has 21 heavy (non-hydrogen) atoms. The van der Waals surface area contributed by atoms with Crippen molar-refractivity contribution in [3.05, 3.63) is 58.3 Å². The molecule has 0 unspecified atom stereocenters. The van der Waals surface area contributed by atoms with Crippen molar-refractivity contribution in [2.75, 3.05) is 6.61 Å². The highest BCUT2D eigenvalue weighted by atomic mass is 79.9. The molecule has 0 saturated carbocycles. The second-order valence-corrected chi connectivity index (χ2v) is 5.01. The monoisotopic (exact) mass is 347 g/mol. The van der Waals surface area contributed by atoms with Gasteiger partial charge in [0.1, 0.15) is 5.75 Å². The van der Waals surface area contributed by atoms with E-state index in [0.717, 1.165) is 15.8 Å². The van der Waals surface area contributed by atoms with Crippen molar-refractivity contribution in [3.63, 3.8) is 0 Å². The second kappa shape index (κ2) is 7.54. The van der Waals surface area contributed by atoms with Gasteiger partial charge in [-0.3, -0.25) is 9.78 Å². The summed E-state index contributed by atoms with van der Waals surface area (Å²) in [6.45, 7) is 2.56. The van der Waals surface area contributed by atoms with Gasteiger partial charge in [-0.05, 0) is 58.7 Å². The van der Waals surface area contributed by atoms with Gasteiger partial charge >= 0.3 is 0 Å². The summed E-state index contributed by atoms with van der Waals surface area (Å²) in [6, 6.07) is 9.10. The molecule has 1 N–H and O–H groups in total. The Morgan fingerprint density at radius 2 is 2.14 bits per heavy atom. The van der Waals surface area contributed by atoms with E-state index in [9.17, 15) is 4.79 Å². The van der Waals surface area contributed by atoms with Gasteiger partial charge < -0.3 is 4.74 Å². The first-order valence-corrected chi connectivity index (χ1v) is 7.15. The summed E-state index contributed by atoms with van der Waals surface area (Å²) >= 11 is 3.26. The van der Waals surface area contributed by atoms with Crippen molar-refractivity contribution >= 4 is 28.1 Å². The molecule has 0 radical (unpaired) electrons. The molecule has 2 aromatic rings. The van der Waals surface area contributed by atoms with E-state index in [4.69, 9.17) is 4.74 Å². The third-order valence-electron chi connectivity index (χ3n) is 2.54. The second-order valence-electron chi connectivity index (χ2n) is 4.09. The molecule has 1 heterocycles. The summed E-state index contributed by atoms with van der Waals surface area (Å²) in [6.07, 6.45) is 4.66. The molecule has 0 spiro atoms. The first-order chi connectivity index (χ1) is 10.2. The summed E-state index contributed by atoms with van der Waals surface area (Å²) in [4.78, 5) is 15.7. The standard InChI is InChI=1S/C15H14BrN3O2/c1-2-21-14-5-3-11(4-6-14)8-18-19-15(20)12-7-13(16)10-17-9-12/h3-10H,2H2,1H3,(H,19,20). The molecule has 2 rings (SSSR count). The molecule has 0 aliphatic carbocycles. The van der Waals surface area contributed by atoms with Crippen molar-refractivity contribution in [3.8, 4) is 5.75 Å². The van der Waals surface area contributed by atoms with E-state index < -0.39 is 0 Å². The van der Waals surface area contributed by atoms with Gasteiger partial charge in [0, 0.05) is 16.9 Å². The smallest absolute Gasteiger partial charge is 0.272 e. The molecule has 0 aliphatic heterocycles. The Morgan fingerprint density at radius 1 is 1.38 bits per heavy atom. The molecule has 0 aliphatic rings. The average Bonchev–Trinajstić information content (AvgIpc) is 2.49. The Hall–Kier alpha value is -2.21. The number of carbonyl (C=O) groups is 1. The zero-order valence-corrected chi connectivity index (χ0v) is 13.0. The Bertz CT molecular complexity index is 642. The molecule has 0 saturated heterocycles. The van der Waals surface area contributed by atoms with Gasteiger partial charge in [-0.2, -0.15) is 5.10 Å². The highest BCUT2D eigenvalue weighted by Gasteiger charge is 2.04. The fourth-order valence-electron chi connectivity index (χ4n) is 1.58. The molecule has 108 valence electrons. The molecule has 6 heteroatoms. The van der Waals surface area contributed by atoms with Gasteiger partial charge in [0.2, 0.25) is 0 Å². The van der Waals surface area contributed by atoms with Crippen molar-refractivity contribution in [1.29, 1.82) is 0 Å². The third-order valence-corrected chi connectivity index (χ3v) is 2.97. The van der Waals surface area contributed by atoms with Crippen LogP contribution in [0.3, 0.4) is 0 Å². The largest absolute Gasteiger partial charge is 0.494 e. The quantitative estimate of drug-likeness (QED) is 0.667. The zero-order chi connectivity index (χ0) is 15.1. The first-order valence-electron chi connectivity index (χ1n) is 6.36. The number of amides is 1. The fraction of sp³-hybridized carbons (Fsp3) is 0.133. The van der Waals surface area contributed by atoms with Gasteiger partial charge in [0.15, 0.2) is 0 Å². The zero-order valence-electron chi connectivity index (χ0n) is 11.4. The maximum absolute atomic E-state index is 11.8. The minimum atomic E-state index is -0.314. The van der Waals surface area contributed by atoms with E-state index in [1.807, 2.05) is 31.2 Å². The third kappa shape index (κ3) is 4.68. The van der Waals surface area contributed by atoms with Gasteiger partial charge in [-0.15, -0.1) is 0 Å². The van der Waals surface area contributed by atoms with Crippen LogP contribution in [0.1, 0.15) is 22.8 Å². The highest BCUT2D eigenvalue weighted by molar-refractivity contribution is 9.10. The van der Waals surface area contributed by atoms with E-state index in [0.29, 0.717) is 12.2 Å². The number of nitrogens with zero attached hydrogens (tertiary/aromatic N) is 2. The van der Waals surface area contributed by atoms with E-state index in [-0.39, 0.29) is 5.91 Å². The summed E-state index contributed by atoms with van der Waals surface area (Å²) in [5.41, 5.74) is 3.76. The molecule has 0 bridgehead atoms. The average molecular weight is 348 g/mol. The van der Waals surface area contributed by atoms with Crippen LogP contribution in [-0.4, -0.2) is 23.7 Å². The maximum atomic E-state index is 11.8. The van der Waals surface area contributed by atoms with Crippen molar-refractivity contribution in [2.24, 2.45) is 5.10 Å². The lowest BCUT2D eigenvalue weighted by atomic mass is 10.2. The van der Waals surface area contributed by atoms with Crippen LogP contribution >= 0.6 is 15.9 Å². The van der Waals surface area contributed by atoms with Crippen LogP contribution in [0.25, 0.3) is 0 Å². The molecule has 1 amide bonds. The minimum Gasteiger partial charge on any atom is -0.494 e. The van der Waals surface area contributed by atoms with Gasteiger partial charge in [0.25, 0.3) is 5.91 Å². The SMILES string of the molecule is CCOc1ccc(C=NNC(=O)c2cncc(Br)c2)cc1. The van der Waals surface area contributed by atoms with Crippen LogP contribution in [0, 0.1) is 0 Å². The number of nitrogens with one attached hydrogen (secondary N) is 1. The van der Waals surface area contributed by atoms with Crippen molar-refractivity contribution in [1.82, 2.24) is 10.4 Å². The number of halogens is 1. The van der Waals surface area contributed by atoms with Crippen molar-refractivity contribution < 1.29 is 9.53 Å². The van der Waals surface area contributed by atoms with Crippen molar-refractivity contribution in [2.45, 2.75) is 6.92 Å².